The first-order valence-corrected chi connectivity index (χ1v) is 16.5. The molecule has 3 aliphatic heterocycles. The summed E-state index contributed by atoms with van der Waals surface area (Å²) in [7, 11) is 0. The van der Waals surface area contributed by atoms with E-state index in [9.17, 15) is 9.90 Å². The number of hydrogen-bond donors (Lipinski definition) is 1. The van der Waals surface area contributed by atoms with Gasteiger partial charge in [-0.1, -0.05) is 18.2 Å². The number of aryl methyl sites for hydroxylation is 2. The van der Waals surface area contributed by atoms with Gasteiger partial charge < -0.3 is 24.2 Å². The summed E-state index contributed by atoms with van der Waals surface area (Å²) in [6.07, 6.45) is 1.51. The standard InChI is InChI=1S/C37H45FN4O5/c1-22-18-27-25-11-8-12-26(20-25)29-21-30-39-24(3)31(33(35(43)44)47-36(4,5)6)34(42(30)40-29)41-15-13-37(7,14-16-41)45-17-9-10-23(2)46-32(27)28(38)19-22/h8,11-12,18-21,23,33H,9-10,13-17H2,1-7H3,(H,43,44)/t23-,33-/m0/s1. The Bertz CT molecular complexity index is 1800. The third-order valence-corrected chi connectivity index (χ3v) is 9.06. The number of carboxylic acids is 1. The van der Waals surface area contributed by atoms with Crippen LogP contribution in [0.5, 0.6) is 5.75 Å². The molecule has 6 bridgehead atoms. The molecule has 250 valence electrons. The van der Waals surface area contributed by atoms with Crippen molar-refractivity contribution in [2.24, 2.45) is 0 Å². The number of aromatic nitrogens is 3. The lowest BCUT2D eigenvalue weighted by Crippen LogP contribution is -2.46. The van der Waals surface area contributed by atoms with Crippen molar-refractivity contribution in [2.75, 3.05) is 24.6 Å². The molecular formula is C37H45FN4O5. The second kappa shape index (κ2) is 12.5. The summed E-state index contributed by atoms with van der Waals surface area (Å²) in [5.41, 5.74) is 4.34. The Hall–Kier alpha value is -4.02. The second-order valence-electron chi connectivity index (χ2n) is 14.2. The topological polar surface area (TPSA) is 98.4 Å². The molecule has 9 nitrogen and oxygen atoms in total. The summed E-state index contributed by atoms with van der Waals surface area (Å²) in [5.74, 6) is -0.584. The highest BCUT2D eigenvalue weighted by molar-refractivity contribution is 5.80. The summed E-state index contributed by atoms with van der Waals surface area (Å²) in [6.45, 7) is 15.2. The molecule has 3 aliphatic rings. The normalized spacial score (nSPS) is 21.1. The average molecular weight is 645 g/mol. The zero-order valence-electron chi connectivity index (χ0n) is 28.4. The number of piperidine rings is 1. The number of carboxylic acid groups (broad SMARTS) is 1. The lowest BCUT2D eigenvalue weighted by molar-refractivity contribution is -0.160. The van der Waals surface area contributed by atoms with Crippen molar-refractivity contribution in [1.82, 2.24) is 14.6 Å². The van der Waals surface area contributed by atoms with Gasteiger partial charge in [0.2, 0.25) is 0 Å². The second-order valence-corrected chi connectivity index (χ2v) is 14.2. The highest BCUT2D eigenvalue weighted by Crippen LogP contribution is 2.40. The van der Waals surface area contributed by atoms with Crippen LogP contribution in [0.1, 0.15) is 83.2 Å². The number of aliphatic carboxylic acids is 1. The van der Waals surface area contributed by atoms with Crippen LogP contribution in [0.3, 0.4) is 0 Å². The molecule has 1 fully saturated rings. The lowest BCUT2D eigenvalue weighted by Gasteiger charge is -2.41. The third kappa shape index (κ3) is 6.85. The van der Waals surface area contributed by atoms with Crippen molar-refractivity contribution in [3.05, 3.63) is 65.1 Å². The molecule has 0 saturated carbocycles. The molecule has 0 spiro atoms. The molecule has 10 heteroatoms. The van der Waals surface area contributed by atoms with Gasteiger partial charge in [0, 0.05) is 42.6 Å². The van der Waals surface area contributed by atoms with Crippen LogP contribution < -0.4 is 9.64 Å². The van der Waals surface area contributed by atoms with Gasteiger partial charge in [0.25, 0.3) is 0 Å². The molecule has 4 aromatic rings. The molecule has 1 N–H and O–H groups in total. The van der Waals surface area contributed by atoms with E-state index < -0.39 is 23.5 Å². The molecule has 2 atom stereocenters. The Labute approximate surface area is 275 Å². The van der Waals surface area contributed by atoms with Crippen LogP contribution in [0, 0.1) is 19.7 Å². The fourth-order valence-electron chi connectivity index (χ4n) is 6.65. The van der Waals surface area contributed by atoms with Gasteiger partial charge in [0.05, 0.1) is 28.6 Å². The fourth-order valence-corrected chi connectivity index (χ4v) is 6.65. The molecule has 2 aromatic carbocycles. The number of halogens is 1. The maximum Gasteiger partial charge on any atom is 0.337 e. The minimum atomic E-state index is -1.25. The number of anilines is 1. The highest BCUT2D eigenvalue weighted by Gasteiger charge is 2.38. The van der Waals surface area contributed by atoms with Crippen LogP contribution in [0.4, 0.5) is 10.2 Å². The molecule has 1 saturated heterocycles. The molecule has 47 heavy (non-hydrogen) atoms. The van der Waals surface area contributed by atoms with Crippen LogP contribution in [-0.4, -0.2) is 62.7 Å². The predicted molar refractivity (Wildman–Crippen MR) is 180 cm³/mol. The average Bonchev–Trinajstić information content (AvgIpc) is 3.42. The van der Waals surface area contributed by atoms with Crippen LogP contribution in [0.2, 0.25) is 0 Å². The summed E-state index contributed by atoms with van der Waals surface area (Å²) in [5, 5.41) is 15.5. The molecule has 0 aliphatic carbocycles. The first kappa shape index (κ1) is 32.9. The Kier molecular flexibility index (Phi) is 8.78. The van der Waals surface area contributed by atoms with E-state index in [1.807, 2.05) is 77.9 Å². The molecule has 2 aromatic heterocycles. The highest BCUT2D eigenvalue weighted by atomic mass is 19.1. The Balaban J connectivity index is 1.56. The van der Waals surface area contributed by atoms with E-state index in [1.54, 1.807) is 4.52 Å². The van der Waals surface area contributed by atoms with Crippen LogP contribution in [0.25, 0.3) is 28.0 Å². The smallest absolute Gasteiger partial charge is 0.337 e. The van der Waals surface area contributed by atoms with Gasteiger partial charge in [-0.15, -0.1) is 0 Å². The summed E-state index contributed by atoms with van der Waals surface area (Å²) < 4.78 is 36.2. The van der Waals surface area contributed by atoms with Gasteiger partial charge in [-0.2, -0.15) is 9.61 Å². The molecule has 0 unspecified atom stereocenters. The molecule has 7 rings (SSSR count). The fraction of sp³-hybridized carbons (Fsp3) is 0.486. The van der Waals surface area contributed by atoms with E-state index in [2.05, 4.69) is 11.8 Å². The van der Waals surface area contributed by atoms with Crippen molar-refractivity contribution >= 4 is 17.4 Å². The van der Waals surface area contributed by atoms with E-state index in [1.165, 1.54) is 6.07 Å². The van der Waals surface area contributed by atoms with Gasteiger partial charge in [0.1, 0.15) is 5.82 Å². The van der Waals surface area contributed by atoms with E-state index in [0.717, 1.165) is 36.0 Å². The largest absolute Gasteiger partial charge is 0.487 e. The quantitative estimate of drug-likeness (QED) is 0.242. The van der Waals surface area contributed by atoms with Crippen molar-refractivity contribution in [1.29, 1.82) is 0 Å². The predicted octanol–water partition coefficient (Wildman–Crippen LogP) is 7.70. The maximum atomic E-state index is 15.5. The van der Waals surface area contributed by atoms with Crippen LogP contribution in [0.15, 0.2) is 42.5 Å². The van der Waals surface area contributed by atoms with E-state index in [0.29, 0.717) is 60.1 Å². The molecule has 0 radical (unpaired) electrons. The SMILES string of the molecule is Cc1cc(F)c2c(c1)-c1cccc(c1)-c1cc3nc(C)c([C@H](OC(C)(C)C)C(=O)O)c(n3n1)N1CCC(C)(CC1)OCCC[C@H](C)O2. The Morgan fingerprint density at radius 3 is 2.55 bits per heavy atom. The minimum Gasteiger partial charge on any atom is -0.487 e. The minimum absolute atomic E-state index is 0.213. The van der Waals surface area contributed by atoms with Crippen LogP contribution in [-0.2, 0) is 14.3 Å². The first-order chi connectivity index (χ1) is 22.2. The molecular weight excluding hydrogens is 599 g/mol. The zero-order chi connectivity index (χ0) is 33.7. The summed E-state index contributed by atoms with van der Waals surface area (Å²) in [6, 6.07) is 13.2. The van der Waals surface area contributed by atoms with Crippen molar-refractivity contribution in [3.8, 4) is 28.1 Å². The monoisotopic (exact) mass is 644 g/mol. The first-order valence-electron chi connectivity index (χ1n) is 16.5. The van der Waals surface area contributed by atoms with E-state index in [-0.39, 0.29) is 17.5 Å². The zero-order valence-corrected chi connectivity index (χ0v) is 28.4. The number of carbonyl (C=O) groups is 1. The summed E-state index contributed by atoms with van der Waals surface area (Å²) >= 11 is 0. The van der Waals surface area contributed by atoms with Crippen molar-refractivity contribution < 1.29 is 28.5 Å². The van der Waals surface area contributed by atoms with E-state index >= 15 is 4.39 Å². The third-order valence-electron chi connectivity index (χ3n) is 9.06. The van der Waals surface area contributed by atoms with Gasteiger partial charge in [0.15, 0.2) is 23.3 Å². The molecule has 0 amide bonds. The summed E-state index contributed by atoms with van der Waals surface area (Å²) in [4.78, 5) is 19.9. The van der Waals surface area contributed by atoms with Crippen molar-refractivity contribution in [2.45, 2.75) is 97.6 Å². The number of hydrogen-bond acceptors (Lipinski definition) is 7. The Morgan fingerprint density at radius 2 is 1.85 bits per heavy atom. The van der Waals surface area contributed by atoms with Crippen molar-refractivity contribution in [3.63, 3.8) is 0 Å². The maximum absolute atomic E-state index is 15.5. The Morgan fingerprint density at radius 1 is 1.13 bits per heavy atom. The number of fused-ring (bicyclic) bond motifs is 7. The number of rotatable bonds is 3. The van der Waals surface area contributed by atoms with E-state index in [4.69, 9.17) is 24.3 Å². The van der Waals surface area contributed by atoms with Gasteiger partial charge in [-0.25, -0.2) is 14.2 Å². The number of nitrogens with zero attached hydrogens (tertiary/aromatic N) is 4. The lowest BCUT2D eigenvalue weighted by atomic mass is 9.92. The number of ether oxygens (including phenoxy) is 3. The van der Waals surface area contributed by atoms with Gasteiger partial charge in [-0.05, 0) is 103 Å². The van der Waals surface area contributed by atoms with Gasteiger partial charge >= 0.3 is 5.97 Å². The number of benzene rings is 2. The molecule has 5 heterocycles. The van der Waals surface area contributed by atoms with Gasteiger partial charge in [-0.3, -0.25) is 0 Å². The van der Waals surface area contributed by atoms with Crippen LogP contribution >= 0.6 is 0 Å².